The van der Waals surface area contributed by atoms with Gasteiger partial charge in [-0.3, -0.25) is 0 Å². The molecule has 21 heavy (non-hydrogen) atoms. The first kappa shape index (κ1) is 14.2. The van der Waals surface area contributed by atoms with E-state index in [0.29, 0.717) is 30.3 Å². The van der Waals surface area contributed by atoms with Gasteiger partial charge in [0, 0.05) is 5.56 Å². The molecule has 0 fully saturated rings. The van der Waals surface area contributed by atoms with Gasteiger partial charge in [0.1, 0.15) is 18.8 Å². The minimum atomic E-state index is -0.359. The lowest BCUT2D eigenvalue weighted by molar-refractivity contribution is 0.0532. The largest absolute Gasteiger partial charge is 0.492 e. The highest BCUT2D eigenvalue weighted by atomic mass is 127. The van der Waals surface area contributed by atoms with Crippen LogP contribution in [0.5, 0.6) is 11.5 Å². The molecule has 4 nitrogen and oxygen atoms in total. The number of esters is 1. The fourth-order valence-electron chi connectivity index (χ4n) is 2.27. The van der Waals surface area contributed by atoms with E-state index in [1.807, 2.05) is 36.4 Å². The summed E-state index contributed by atoms with van der Waals surface area (Å²) < 4.78 is 17.2. The Hall–Kier alpha value is -1.76. The molecular formula is C16H13IO4. The number of halogens is 1. The van der Waals surface area contributed by atoms with Crippen LogP contribution < -0.4 is 9.47 Å². The van der Waals surface area contributed by atoms with E-state index in [2.05, 4.69) is 22.6 Å². The number of fused-ring (bicyclic) bond motifs is 1. The van der Waals surface area contributed by atoms with Gasteiger partial charge in [-0.25, -0.2) is 4.79 Å². The van der Waals surface area contributed by atoms with Gasteiger partial charge in [0.25, 0.3) is 0 Å². The summed E-state index contributed by atoms with van der Waals surface area (Å²) in [5.41, 5.74) is 2.37. The summed E-state index contributed by atoms with van der Waals surface area (Å²) in [6, 6.07) is 11.8. The lowest BCUT2D eigenvalue weighted by Gasteiger charge is -2.14. The molecule has 1 aliphatic rings. The third-order valence-corrected chi connectivity index (χ3v) is 4.07. The van der Waals surface area contributed by atoms with Crippen molar-refractivity contribution in [2.45, 2.75) is 13.2 Å². The molecule has 0 unspecified atom stereocenters. The van der Waals surface area contributed by atoms with Crippen LogP contribution in [-0.2, 0) is 18.0 Å². The predicted octanol–water partition coefficient (Wildman–Crippen LogP) is 3.55. The lowest BCUT2D eigenvalue weighted by Crippen LogP contribution is -2.04. The maximum atomic E-state index is 11.8. The van der Waals surface area contributed by atoms with Crippen molar-refractivity contribution < 1.29 is 19.0 Å². The number of carbonyl (C=O) groups excluding carboxylic acids is 1. The van der Waals surface area contributed by atoms with Crippen molar-refractivity contribution in [3.63, 3.8) is 0 Å². The Balaban J connectivity index is 1.95. The molecule has 1 heterocycles. The Kier molecular flexibility index (Phi) is 4.01. The molecule has 2 aromatic carbocycles. The normalized spacial score (nSPS) is 12.8. The molecule has 0 spiro atoms. The van der Waals surface area contributed by atoms with Gasteiger partial charge >= 0.3 is 5.97 Å². The van der Waals surface area contributed by atoms with Gasteiger partial charge in [-0.15, -0.1) is 0 Å². The van der Waals surface area contributed by atoms with Crippen LogP contribution in [0.4, 0.5) is 0 Å². The van der Waals surface area contributed by atoms with E-state index in [-0.39, 0.29) is 5.97 Å². The first-order valence-electron chi connectivity index (χ1n) is 6.44. The second-order valence-electron chi connectivity index (χ2n) is 4.61. The van der Waals surface area contributed by atoms with Crippen molar-refractivity contribution in [3.8, 4) is 11.5 Å². The quantitative estimate of drug-likeness (QED) is 0.586. The Morgan fingerprint density at radius 3 is 2.71 bits per heavy atom. The fourth-order valence-corrected chi connectivity index (χ4v) is 3.05. The third-order valence-electron chi connectivity index (χ3n) is 3.27. The average molecular weight is 396 g/mol. The summed E-state index contributed by atoms with van der Waals surface area (Å²) >= 11 is 2.18. The van der Waals surface area contributed by atoms with Crippen LogP contribution in [0.15, 0.2) is 36.4 Å². The van der Waals surface area contributed by atoms with Gasteiger partial charge in [0.2, 0.25) is 0 Å². The molecule has 0 saturated carbocycles. The summed E-state index contributed by atoms with van der Waals surface area (Å²) in [5, 5.41) is 0. The molecule has 108 valence electrons. The molecule has 0 radical (unpaired) electrons. The van der Waals surface area contributed by atoms with E-state index in [1.54, 1.807) is 0 Å². The summed E-state index contributed by atoms with van der Waals surface area (Å²) in [5.74, 6) is 0.678. The average Bonchev–Trinajstić information content (AvgIpc) is 2.86. The van der Waals surface area contributed by atoms with Gasteiger partial charge in [-0.1, -0.05) is 30.3 Å². The van der Waals surface area contributed by atoms with Crippen LogP contribution >= 0.6 is 22.6 Å². The molecule has 2 aromatic rings. The van der Waals surface area contributed by atoms with Crippen LogP contribution in [0.1, 0.15) is 21.5 Å². The van der Waals surface area contributed by atoms with Crippen LogP contribution in [0.3, 0.4) is 0 Å². The zero-order valence-corrected chi connectivity index (χ0v) is 13.5. The smallest absolute Gasteiger partial charge is 0.342 e. The second kappa shape index (κ2) is 5.93. The highest BCUT2D eigenvalue weighted by Crippen LogP contribution is 2.41. The first-order chi connectivity index (χ1) is 10.2. The van der Waals surface area contributed by atoms with E-state index in [4.69, 9.17) is 14.2 Å². The van der Waals surface area contributed by atoms with Crippen molar-refractivity contribution in [1.29, 1.82) is 0 Å². The van der Waals surface area contributed by atoms with Crippen LogP contribution in [0, 0.1) is 3.57 Å². The second-order valence-corrected chi connectivity index (χ2v) is 5.77. The van der Waals surface area contributed by atoms with Crippen molar-refractivity contribution in [3.05, 3.63) is 56.7 Å². The van der Waals surface area contributed by atoms with Gasteiger partial charge in [-0.05, 0) is 34.2 Å². The van der Waals surface area contributed by atoms with E-state index >= 15 is 0 Å². The summed E-state index contributed by atoms with van der Waals surface area (Å²) in [6.45, 7) is 0.709. The Morgan fingerprint density at radius 1 is 1.24 bits per heavy atom. The van der Waals surface area contributed by atoms with E-state index in [1.165, 1.54) is 7.11 Å². The minimum Gasteiger partial charge on any atom is -0.492 e. The van der Waals surface area contributed by atoms with Gasteiger partial charge in [0.05, 0.1) is 10.7 Å². The van der Waals surface area contributed by atoms with Gasteiger partial charge < -0.3 is 14.2 Å². The van der Waals surface area contributed by atoms with Crippen molar-refractivity contribution in [2.75, 3.05) is 7.11 Å². The van der Waals surface area contributed by atoms with E-state index in [9.17, 15) is 4.79 Å². The third kappa shape index (κ3) is 2.70. The molecule has 0 aliphatic carbocycles. The van der Waals surface area contributed by atoms with E-state index < -0.39 is 0 Å². The molecule has 0 saturated heterocycles. The molecule has 0 bridgehead atoms. The van der Waals surface area contributed by atoms with Crippen LogP contribution in [-0.4, -0.2) is 13.1 Å². The van der Waals surface area contributed by atoms with Crippen LogP contribution in [0.2, 0.25) is 0 Å². The van der Waals surface area contributed by atoms with Crippen LogP contribution in [0.25, 0.3) is 0 Å². The van der Waals surface area contributed by atoms with E-state index in [0.717, 1.165) is 14.7 Å². The number of carbonyl (C=O) groups is 1. The standard InChI is InChI=1S/C16H13IO4/c1-19-15-13-11(9-21-16(13)18)7-12(17)14(15)20-8-10-5-3-2-4-6-10/h2-7H,8-9H2,1H3. The lowest BCUT2D eigenvalue weighted by atomic mass is 10.1. The molecule has 5 heteroatoms. The molecule has 1 aliphatic heterocycles. The molecule has 3 rings (SSSR count). The molecular weight excluding hydrogens is 383 g/mol. The Morgan fingerprint density at radius 2 is 2.00 bits per heavy atom. The number of rotatable bonds is 4. The number of methoxy groups -OCH3 is 1. The van der Waals surface area contributed by atoms with Gasteiger partial charge in [-0.2, -0.15) is 0 Å². The zero-order chi connectivity index (χ0) is 14.8. The van der Waals surface area contributed by atoms with Crippen molar-refractivity contribution >= 4 is 28.6 Å². The highest BCUT2D eigenvalue weighted by molar-refractivity contribution is 14.1. The summed E-state index contributed by atoms with van der Waals surface area (Å²) in [4.78, 5) is 11.8. The highest BCUT2D eigenvalue weighted by Gasteiger charge is 2.30. The molecule has 0 atom stereocenters. The summed E-state index contributed by atoms with van der Waals surface area (Å²) in [7, 11) is 1.53. The monoisotopic (exact) mass is 396 g/mol. The molecule has 0 aromatic heterocycles. The SMILES string of the molecule is COc1c(OCc2ccccc2)c(I)cc2c1C(=O)OC2. The number of benzene rings is 2. The first-order valence-corrected chi connectivity index (χ1v) is 7.51. The van der Waals surface area contributed by atoms with Gasteiger partial charge in [0.15, 0.2) is 11.5 Å². The Bertz CT molecular complexity index is 682. The van der Waals surface area contributed by atoms with Crippen molar-refractivity contribution in [2.24, 2.45) is 0 Å². The topological polar surface area (TPSA) is 44.8 Å². The maximum absolute atomic E-state index is 11.8. The summed E-state index contributed by atoms with van der Waals surface area (Å²) in [6.07, 6.45) is 0. The maximum Gasteiger partial charge on any atom is 0.342 e. The fraction of sp³-hybridized carbons (Fsp3) is 0.188. The molecule has 0 N–H and O–H groups in total. The Labute approximate surface area is 136 Å². The zero-order valence-electron chi connectivity index (χ0n) is 11.4. The number of ether oxygens (including phenoxy) is 3. The number of cyclic esters (lactones) is 1. The minimum absolute atomic E-state index is 0.291. The molecule has 0 amide bonds. The number of hydrogen-bond acceptors (Lipinski definition) is 4. The number of hydrogen-bond donors (Lipinski definition) is 0. The predicted molar refractivity (Wildman–Crippen MR) is 85.6 cm³/mol. The van der Waals surface area contributed by atoms with Crippen molar-refractivity contribution in [1.82, 2.24) is 0 Å².